The van der Waals surface area contributed by atoms with Crippen molar-refractivity contribution in [3.05, 3.63) is 56.7 Å². The van der Waals surface area contributed by atoms with Crippen LogP contribution in [0.2, 0.25) is 0 Å². The van der Waals surface area contributed by atoms with E-state index in [0.717, 1.165) is 47.0 Å². The third-order valence-electron chi connectivity index (χ3n) is 5.29. The third-order valence-corrected chi connectivity index (χ3v) is 7.50. The van der Waals surface area contributed by atoms with Gasteiger partial charge in [-0.1, -0.05) is 24.0 Å². The molecule has 0 atom stereocenters. The number of carbonyl (C=O) groups excluding carboxylic acids is 1. The topological polar surface area (TPSA) is 85.5 Å². The molecule has 0 radical (unpaired) electrons. The van der Waals surface area contributed by atoms with Gasteiger partial charge in [-0.2, -0.15) is 4.57 Å². The highest BCUT2D eigenvalue weighted by Gasteiger charge is 2.27. The van der Waals surface area contributed by atoms with Gasteiger partial charge in [-0.05, 0) is 80.1 Å². The number of aryl methyl sites for hydroxylation is 3. The summed E-state index contributed by atoms with van der Waals surface area (Å²) in [7, 11) is 0. The average molecular weight is 457 g/mol. The van der Waals surface area contributed by atoms with E-state index >= 15 is 0 Å². The quantitative estimate of drug-likeness (QED) is 0.253. The SMILES string of the molecule is C=C(C)Cn1c(SCC(=O)Nc2cc(C)ccc2O)[nH+]c2sc3c(c2c1=O)CCCC3. The second-order valence-electron chi connectivity index (χ2n) is 8.05. The van der Waals surface area contributed by atoms with Crippen LogP contribution in [0.3, 0.4) is 0 Å². The number of hydrogen-bond donors (Lipinski definition) is 2. The molecule has 2 aromatic heterocycles. The number of phenols is 1. The van der Waals surface area contributed by atoms with Crippen LogP contribution in [0.1, 0.15) is 35.8 Å². The molecule has 0 saturated heterocycles. The molecule has 31 heavy (non-hydrogen) atoms. The summed E-state index contributed by atoms with van der Waals surface area (Å²) in [5.41, 5.74) is 3.37. The lowest BCUT2D eigenvalue weighted by molar-refractivity contribution is -0.404. The molecule has 3 aromatic rings. The number of thioether (sulfide) groups is 1. The molecular formula is C23H26N3O3S2+. The maximum atomic E-state index is 13.4. The summed E-state index contributed by atoms with van der Waals surface area (Å²) >= 11 is 2.94. The van der Waals surface area contributed by atoms with Gasteiger partial charge in [0, 0.05) is 4.88 Å². The number of H-pyrrole nitrogens is 1. The summed E-state index contributed by atoms with van der Waals surface area (Å²) in [6.45, 7) is 8.15. The van der Waals surface area contributed by atoms with Crippen LogP contribution in [0.15, 0.2) is 40.3 Å². The minimum atomic E-state index is -0.251. The largest absolute Gasteiger partial charge is 0.506 e. The van der Waals surface area contributed by atoms with Crippen molar-refractivity contribution in [1.82, 2.24) is 4.57 Å². The van der Waals surface area contributed by atoms with E-state index in [0.29, 0.717) is 17.4 Å². The van der Waals surface area contributed by atoms with Crippen molar-refractivity contribution < 1.29 is 14.9 Å². The number of aromatic hydroxyl groups is 1. The predicted octanol–water partition coefficient (Wildman–Crippen LogP) is 4.08. The summed E-state index contributed by atoms with van der Waals surface area (Å²) in [6, 6.07) is 5.06. The molecule has 3 N–H and O–H groups in total. The maximum absolute atomic E-state index is 13.4. The molecule has 162 valence electrons. The zero-order valence-electron chi connectivity index (χ0n) is 17.7. The van der Waals surface area contributed by atoms with Crippen LogP contribution >= 0.6 is 23.1 Å². The fraction of sp³-hybridized carbons (Fsp3) is 0.348. The van der Waals surface area contributed by atoms with Gasteiger partial charge < -0.3 is 10.4 Å². The summed E-state index contributed by atoms with van der Waals surface area (Å²) in [5, 5.41) is 14.1. The van der Waals surface area contributed by atoms with Crippen LogP contribution in [-0.2, 0) is 24.2 Å². The van der Waals surface area contributed by atoms with Crippen LogP contribution in [0, 0.1) is 6.92 Å². The van der Waals surface area contributed by atoms with Crippen molar-refractivity contribution in [2.24, 2.45) is 0 Å². The van der Waals surface area contributed by atoms with Crippen molar-refractivity contribution in [1.29, 1.82) is 0 Å². The Labute approximate surface area is 189 Å². The fourth-order valence-electron chi connectivity index (χ4n) is 3.87. The lowest BCUT2D eigenvalue weighted by Crippen LogP contribution is -2.31. The molecule has 0 fully saturated rings. The lowest BCUT2D eigenvalue weighted by atomic mass is 9.97. The molecule has 4 rings (SSSR count). The third kappa shape index (κ3) is 4.55. The van der Waals surface area contributed by atoms with E-state index in [1.165, 1.54) is 22.2 Å². The van der Waals surface area contributed by atoms with Gasteiger partial charge in [-0.3, -0.25) is 4.79 Å². The van der Waals surface area contributed by atoms with Crippen molar-refractivity contribution in [2.45, 2.75) is 51.2 Å². The minimum absolute atomic E-state index is 0.0182. The van der Waals surface area contributed by atoms with E-state index in [1.807, 2.05) is 13.8 Å². The minimum Gasteiger partial charge on any atom is -0.506 e. The van der Waals surface area contributed by atoms with E-state index in [1.54, 1.807) is 34.1 Å². The molecule has 1 aliphatic rings. The maximum Gasteiger partial charge on any atom is 0.347 e. The number of aromatic nitrogens is 2. The second kappa shape index (κ2) is 8.88. The van der Waals surface area contributed by atoms with Gasteiger partial charge in [0.05, 0.1) is 11.4 Å². The summed E-state index contributed by atoms with van der Waals surface area (Å²) in [5.74, 6) is -0.115. The number of fused-ring (bicyclic) bond motifs is 3. The summed E-state index contributed by atoms with van der Waals surface area (Å²) in [4.78, 5) is 31.5. The number of carbonyl (C=O) groups is 1. The van der Waals surface area contributed by atoms with Crippen LogP contribution in [0.25, 0.3) is 10.2 Å². The fourth-order valence-corrected chi connectivity index (χ4v) is 6.03. The number of nitrogens with zero attached hydrogens (tertiary/aromatic N) is 1. The van der Waals surface area contributed by atoms with Gasteiger partial charge in [0.15, 0.2) is 4.83 Å². The summed E-state index contributed by atoms with van der Waals surface area (Å²) in [6.07, 6.45) is 4.24. The molecule has 0 bridgehead atoms. The van der Waals surface area contributed by atoms with Gasteiger partial charge in [0.2, 0.25) is 5.91 Å². The Kier molecular flexibility index (Phi) is 6.20. The van der Waals surface area contributed by atoms with E-state index in [-0.39, 0.29) is 23.0 Å². The van der Waals surface area contributed by atoms with E-state index in [4.69, 9.17) is 0 Å². The number of aromatic amines is 1. The predicted molar refractivity (Wildman–Crippen MR) is 126 cm³/mol. The molecule has 2 heterocycles. The highest BCUT2D eigenvalue weighted by Crippen LogP contribution is 2.33. The molecule has 0 unspecified atom stereocenters. The van der Waals surface area contributed by atoms with Crippen molar-refractivity contribution in [3.8, 4) is 5.75 Å². The zero-order chi connectivity index (χ0) is 22.1. The van der Waals surface area contributed by atoms with Gasteiger partial charge >= 0.3 is 10.7 Å². The molecule has 0 spiro atoms. The Bertz CT molecular complexity index is 1240. The van der Waals surface area contributed by atoms with Gasteiger partial charge in [0.1, 0.15) is 17.7 Å². The molecule has 1 aliphatic carbocycles. The number of amides is 1. The molecule has 8 heteroatoms. The first-order chi connectivity index (χ1) is 14.8. The lowest BCUT2D eigenvalue weighted by Gasteiger charge is -2.10. The van der Waals surface area contributed by atoms with E-state index < -0.39 is 0 Å². The van der Waals surface area contributed by atoms with E-state index in [9.17, 15) is 14.7 Å². The number of thiophene rings is 1. The van der Waals surface area contributed by atoms with Gasteiger partial charge in [-0.25, -0.2) is 9.78 Å². The standard InChI is InChI=1S/C23H25N3O3S2/c1-13(2)11-26-22(29)20-15-6-4-5-7-18(15)31-21(20)25-23(26)30-12-19(28)24-16-10-14(3)8-9-17(16)27/h8-10,27H,1,4-7,11-12H2,2-3H3,(H,24,28)/p+1. The van der Waals surface area contributed by atoms with E-state index in [2.05, 4.69) is 16.9 Å². The Morgan fingerprint density at radius 2 is 2.13 bits per heavy atom. The van der Waals surface area contributed by atoms with Crippen molar-refractivity contribution in [3.63, 3.8) is 0 Å². The van der Waals surface area contributed by atoms with Gasteiger partial charge in [-0.15, -0.1) is 0 Å². The first kappa shape index (κ1) is 21.6. The first-order valence-electron chi connectivity index (χ1n) is 10.3. The smallest absolute Gasteiger partial charge is 0.347 e. The molecule has 1 amide bonds. The Balaban J connectivity index is 1.63. The monoisotopic (exact) mass is 456 g/mol. The Morgan fingerprint density at radius 1 is 1.35 bits per heavy atom. The van der Waals surface area contributed by atoms with Crippen LogP contribution in [-0.4, -0.2) is 21.3 Å². The first-order valence-corrected chi connectivity index (χ1v) is 12.1. The second-order valence-corrected chi connectivity index (χ2v) is 10.1. The number of nitrogens with one attached hydrogen (secondary N) is 2. The summed E-state index contributed by atoms with van der Waals surface area (Å²) < 4.78 is 1.69. The molecule has 0 aliphatic heterocycles. The van der Waals surface area contributed by atoms with Crippen LogP contribution in [0.5, 0.6) is 5.75 Å². The molecular weight excluding hydrogens is 430 g/mol. The number of allylic oxidation sites excluding steroid dienone is 1. The highest BCUT2D eigenvalue weighted by atomic mass is 32.2. The average Bonchev–Trinajstić information content (AvgIpc) is 3.10. The normalized spacial score (nSPS) is 13.2. The van der Waals surface area contributed by atoms with Crippen LogP contribution < -0.4 is 15.9 Å². The number of phenolic OH excluding ortho intramolecular Hbond substituents is 1. The highest BCUT2D eigenvalue weighted by molar-refractivity contribution is 7.99. The Hall–Kier alpha value is -2.58. The van der Waals surface area contributed by atoms with Crippen LogP contribution in [0.4, 0.5) is 5.69 Å². The van der Waals surface area contributed by atoms with Gasteiger partial charge in [0.25, 0.3) is 0 Å². The van der Waals surface area contributed by atoms with Crippen molar-refractivity contribution in [2.75, 3.05) is 11.1 Å². The van der Waals surface area contributed by atoms with Crippen molar-refractivity contribution >= 4 is 44.9 Å². The molecule has 0 saturated carbocycles. The molecule has 1 aromatic carbocycles. The number of hydrogen-bond acceptors (Lipinski definition) is 5. The number of anilines is 1. The Morgan fingerprint density at radius 3 is 2.90 bits per heavy atom. The zero-order valence-corrected chi connectivity index (χ0v) is 19.3. The number of benzene rings is 1. The number of rotatable bonds is 6. The molecule has 6 nitrogen and oxygen atoms in total.